The van der Waals surface area contributed by atoms with Crippen LogP contribution >= 0.6 is 0 Å². The summed E-state index contributed by atoms with van der Waals surface area (Å²) in [5, 5.41) is 81.1. The predicted octanol–water partition coefficient (Wildman–Crippen LogP) is -2.46. The maximum atomic E-state index is 12.2. The second-order valence-electron chi connectivity index (χ2n) is 8.81. The van der Waals surface area contributed by atoms with E-state index in [0.29, 0.717) is 0 Å². The van der Waals surface area contributed by atoms with Gasteiger partial charge < -0.3 is 64.2 Å². The van der Waals surface area contributed by atoms with Crippen LogP contribution in [0.2, 0.25) is 0 Å². The minimum Gasteiger partial charge on any atom is -0.504 e. The molecule has 2 aromatic rings. The van der Waals surface area contributed by atoms with E-state index in [1.165, 1.54) is 13.8 Å². The standard InChI is InChI=1S/C22H28O14/c1-6-3-8(23)12-9(33-6)4-10(14(25)16(12)27)35-22-20(31)18(29)15(26)11(36-22)5-32-21-19(30)17(28)13(24)7(2)34-21/h3-4,7,11,13,15,17-22,24-31H,5H2,1-2H3/t7-,11+,13-,15+,17+,18-,19+,20+,21+,22+/m0/s1. The highest BCUT2D eigenvalue weighted by molar-refractivity contribution is 5.88. The van der Waals surface area contributed by atoms with Gasteiger partial charge in [0.15, 0.2) is 23.2 Å². The van der Waals surface area contributed by atoms with Crippen molar-refractivity contribution in [3.63, 3.8) is 0 Å². The zero-order valence-corrected chi connectivity index (χ0v) is 19.2. The monoisotopic (exact) mass is 516 g/mol. The van der Waals surface area contributed by atoms with E-state index in [2.05, 4.69) is 0 Å². The van der Waals surface area contributed by atoms with Crippen LogP contribution in [-0.2, 0) is 14.2 Å². The lowest BCUT2D eigenvalue weighted by Gasteiger charge is -2.42. The van der Waals surface area contributed by atoms with E-state index in [4.69, 9.17) is 23.4 Å². The average molecular weight is 516 g/mol. The molecule has 36 heavy (non-hydrogen) atoms. The highest BCUT2D eigenvalue weighted by Gasteiger charge is 2.47. The molecular formula is C22H28O14. The molecule has 4 rings (SSSR count). The summed E-state index contributed by atoms with van der Waals surface area (Å²) in [6, 6.07) is 2.20. The molecule has 14 nitrogen and oxygen atoms in total. The van der Waals surface area contributed by atoms with Gasteiger partial charge in [0.25, 0.3) is 0 Å². The number of hydrogen-bond acceptors (Lipinski definition) is 14. The van der Waals surface area contributed by atoms with Gasteiger partial charge in [-0.1, -0.05) is 0 Å². The Morgan fingerprint density at radius 3 is 2.17 bits per heavy atom. The van der Waals surface area contributed by atoms with Crippen LogP contribution in [-0.4, -0.2) is 109 Å². The molecule has 1 aromatic carbocycles. The Hall–Kier alpha value is -2.53. The van der Waals surface area contributed by atoms with Crippen LogP contribution in [0.5, 0.6) is 17.2 Å². The molecule has 10 atom stereocenters. The molecule has 0 bridgehead atoms. The van der Waals surface area contributed by atoms with Crippen LogP contribution in [0.15, 0.2) is 21.3 Å². The normalized spacial score (nSPS) is 37.2. The van der Waals surface area contributed by atoms with Crippen molar-refractivity contribution in [3.05, 3.63) is 28.1 Å². The number of fused-ring (bicyclic) bond motifs is 1. The minimum absolute atomic E-state index is 0.130. The Morgan fingerprint density at radius 1 is 0.833 bits per heavy atom. The third kappa shape index (κ3) is 4.74. The second kappa shape index (κ2) is 10.1. The van der Waals surface area contributed by atoms with Gasteiger partial charge in [0.2, 0.25) is 12.0 Å². The van der Waals surface area contributed by atoms with Crippen molar-refractivity contribution in [2.24, 2.45) is 0 Å². The number of ether oxygens (including phenoxy) is 4. The topological polar surface area (TPSA) is 229 Å². The fourth-order valence-electron chi connectivity index (χ4n) is 4.10. The highest BCUT2D eigenvalue weighted by Crippen LogP contribution is 2.42. The Balaban J connectivity index is 1.53. The Labute approximate surface area is 203 Å². The first-order valence-electron chi connectivity index (χ1n) is 11.1. The lowest BCUT2D eigenvalue weighted by Crippen LogP contribution is -2.61. The molecule has 0 radical (unpaired) electrons. The number of aromatic hydroxyl groups is 2. The van der Waals surface area contributed by atoms with Crippen LogP contribution < -0.4 is 10.2 Å². The molecule has 0 aliphatic carbocycles. The molecule has 2 fully saturated rings. The van der Waals surface area contributed by atoms with E-state index in [0.717, 1.165) is 12.1 Å². The van der Waals surface area contributed by atoms with E-state index in [-0.39, 0.29) is 16.7 Å². The predicted molar refractivity (Wildman–Crippen MR) is 116 cm³/mol. The SMILES string of the molecule is Cc1cc(=O)c2c(O)c(O)c(O[C@@H]3O[C@H](CO[C@@H]4O[C@@H](C)[C@H](O)[C@@H](O)[C@H]4O)[C@@H](O)[C@H](O)[C@H]3O)cc2o1. The fourth-order valence-corrected chi connectivity index (χ4v) is 4.10. The van der Waals surface area contributed by atoms with Crippen molar-refractivity contribution in [1.82, 2.24) is 0 Å². The summed E-state index contributed by atoms with van der Waals surface area (Å²) in [4.78, 5) is 12.2. The zero-order chi connectivity index (χ0) is 26.5. The van der Waals surface area contributed by atoms with Gasteiger partial charge >= 0.3 is 0 Å². The highest BCUT2D eigenvalue weighted by atomic mass is 16.7. The second-order valence-corrected chi connectivity index (χ2v) is 8.81. The summed E-state index contributed by atoms with van der Waals surface area (Å²) in [5.74, 6) is -1.94. The van der Waals surface area contributed by atoms with Crippen molar-refractivity contribution in [2.75, 3.05) is 6.61 Å². The lowest BCUT2D eigenvalue weighted by molar-refractivity contribution is -0.318. The van der Waals surface area contributed by atoms with Gasteiger partial charge in [-0.05, 0) is 13.8 Å². The van der Waals surface area contributed by atoms with E-state index < -0.39 is 90.7 Å². The quantitative estimate of drug-likeness (QED) is 0.193. The molecule has 0 unspecified atom stereocenters. The Kier molecular flexibility index (Phi) is 7.43. The molecule has 14 heteroatoms. The molecule has 0 saturated carbocycles. The van der Waals surface area contributed by atoms with Gasteiger partial charge in [0, 0.05) is 12.1 Å². The minimum atomic E-state index is -1.83. The molecule has 8 N–H and O–H groups in total. The van der Waals surface area contributed by atoms with Gasteiger partial charge in [-0.2, -0.15) is 0 Å². The number of hydrogen-bond donors (Lipinski definition) is 8. The third-order valence-corrected chi connectivity index (χ3v) is 6.20. The Bertz CT molecular complexity index is 1150. The van der Waals surface area contributed by atoms with Crippen molar-refractivity contribution in [2.45, 2.75) is 75.3 Å². The molecule has 2 aliphatic heterocycles. The van der Waals surface area contributed by atoms with Crippen LogP contribution in [0.1, 0.15) is 12.7 Å². The van der Waals surface area contributed by atoms with E-state index in [1.54, 1.807) is 0 Å². The average Bonchev–Trinajstić information content (AvgIpc) is 2.82. The fraction of sp³-hybridized carbons (Fsp3) is 0.591. The first-order valence-corrected chi connectivity index (χ1v) is 11.1. The van der Waals surface area contributed by atoms with Crippen LogP contribution in [0.3, 0.4) is 0 Å². The number of benzene rings is 1. The van der Waals surface area contributed by atoms with Gasteiger partial charge in [0.1, 0.15) is 59.5 Å². The first kappa shape index (κ1) is 26.5. The first-order chi connectivity index (χ1) is 16.9. The summed E-state index contributed by atoms with van der Waals surface area (Å²) in [7, 11) is 0. The van der Waals surface area contributed by atoms with Gasteiger partial charge in [-0.3, -0.25) is 4.79 Å². The summed E-state index contributed by atoms with van der Waals surface area (Å²) in [6.45, 7) is 2.42. The van der Waals surface area contributed by atoms with Crippen molar-refractivity contribution < 1.29 is 64.2 Å². The molecule has 3 heterocycles. The molecular weight excluding hydrogens is 488 g/mol. The summed E-state index contributed by atoms with van der Waals surface area (Å²) < 4.78 is 27.0. The Morgan fingerprint density at radius 2 is 1.47 bits per heavy atom. The van der Waals surface area contributed by atoms with E-state index in [1.807, 2.05) is 0 Å². The van der Waals surface area contributed by atoms with E-state index >= 15 is 0 Å². The molecule has 0 spiro atoms. The van der Waals surface area contributed by atoms with Crippen molar-refractivity contribution in [1.29, 1.82) is 0 Å². The third-order valence-electron chi connectivity index (χ3n) is 6.20. The largest absolute Gasteiger partial charge is 0.504 e. The van der Waals surface area contributed by atoms with E-state index in [9.17, 15) is 45.6 Å². The number of phenols is 2. The molecule has 0 amide bonds. The maximum absolute atomic E-state index is 12.2. The zero-order valence-electron chi connectivity index (χ0n) is 19.2. The summed E-state index contributed by atoms with van der Waals surface area (Å²) >= 11 is 0. The molecule has 2 aliphatic rings. The van der Waals surface area contributed by atoms with Crippen LogP contribution in [0.4, 0.5) is 0 Å². The molecule has 2 saturated heterocycles. The molecule has 1 aromatic heterocycles. The van der Waals surface area contributed by atoms with Gasteiger partial charge in [-0.25, -0.2) is 0 Å². The molecule has 200 valence electrons. The van der Waals surface area contributed by atoms with Gasteiger partial charge in [-0.15, -0.1) is 0 Å². The summed E-state index contributed by atoms with van der Waals surface area (Å²) in [5.41, 5.74) is -0.744. The smallest absolute Gasteiger partial charge is 0.229 e. The van der Waals surface area contributed by atoms with Gasteiger partial charge in [0.05, 0.1) is 12.7 Å². The van der Waals surface area contributed by atoms with Crippen LogP contribution in [0.25, 0.3) is 11.0 Å². The number of phenolic OH excluding ortho intramolecular Hbond substituents is 2. The maximum Gasteiger partial charge on any atom is 0.229 e. The number of aliphatic hydroxyl groups excluding tert-OH is 6. The number of aliphatic hydroxyl groups is 6. The lowest BCUT2D eigenvalue weighted by atomic mass is 9.98. The summed E-state index contributed by atoms with van der Waals surface area (Å²) in [6.07, 6.45) is -15.2. The van der Waals surface area contributed by atoms with Crippen LogP contribution in [0, 0.1) is 6.92 Å². The number of rotatable bonds is 5. The van der Waals surface area contributed by atoms with Crippen molar-refractivity contribution >= 4 is 11.0 Å². The number of aryl methyl sites for hydroxylation is 1. The van der Waals surface area contributed by atoms with Crippen molar-refractivity contribution in [3.8, 4) is 17.2 Å².